The van der Waals surface area contributed by atoms with Gasteiger partial charge < -0.3 is 24.2 Å². The molecule has 0 saturated carbocycles. The molecule has 2 heterocycles. The van der Waals surface area contributed by atoms with Gasteiger partial charge in [-0.2, -0.15) is 5.10 Å². The van der Waals surface area contributed by atoms with Crippen LogP contribution in [0.1, 0.15) is 46.6 Å². The second kappa shape index (κ2) is 11.3. The first-order valence-electron chi connectivity index (χ1n) is 12.8. The van der Waals surface area contributed by atoms with Crippen LogP contribution in [0.4, 0.5) is 0 Å². The Hall–Kier alpha value is -4.17. The van der Waals surface area contributed by atoms with E-state index in [1.807, 2.05) is 47.4 Å². The molecule has 0 bridgehead atoms. The van der Waals surface area contributed by atoms with Crippen LogP contribution in [-0.2, 0) is 6.42 Å². The smallest absolute Gasteiger partial charge is 0.273 e. The Morgan fingerprint density at radius 3 is 2.51 bits per heavy atom. The van der Waals surface area contributed by atoms with E-state index in [-0.39, 0.29) is 11.7 Å². The third-order valence-corrected chi connectivity index (χ3v) is 7.07. The summed E-state index contributed by atoms with van der Waals surface area (Å²) in [5.74, 6) is 1.92. The average molecular weight is 548 g/mol. The van der Waals surface area contributed by atoms with E-state index in [4.69, 9.17) is 25.8 Å². The largest absolute Gasteiger partial charge is 0.507 e. The number of aromatic nitrogens is 2. The number of nitrogens with zero attached hydrogens (tertiary/aromatic N) is 2. The van der Waals surface area contributed by atoms with Crippen molar-refractivity contribution < 1.29 is 24.1 Å². The Kier molecular flexibility index (Phi) is 7.65. The molecule has 1 atom stereocenters. The summed E-state index contributed by atoms with van der Waals surface area (Å²) in [5.41, 5.74) is 3.96. The molecule has 1 aliphatic heterocycles. The van der Waals surface area contributed by atoms with Gasteiger partial charge in [0.25, 0.3) is 5.91 Å². The van der Waals surface area contributed by atoms with Crippen molar-refractivity contribution in [3.63, 3.8) is 0 Å². The molecule has 4 aromatic rings. The molecular formula is C30H30ClN3O5. The highest BCUT2D eigenvalue weighted by atomic mass is 35.5. The summed E-state index contributed by atoms with van der Waals surface area (Å²) in [6.07, 6.45) is 1.50. The molecular weight excluding hydrogens is 518 g/mol. The van der Waals surface area contributed by atoms with Crippen LogP contribution in [0.25, 0.3) is 11.3 Å². The fourth-order valence-corrected chi connectivity index (χ4v) is 5.10. The van der Waals surface area contributed by atoms with Crippen molar-refractivity contribution in [3.05, 3.63) is 88.1 Å². The molecule has 202 valence electrons. The molecule has 3 aromatic carbocycles. The predicted octanol–water partition coefficient (Wildman–Crippen LogP) is 6.03. The van der Waals surface area contributed by atoms with E-state index in [0.29, 0.717) is 58.6 Å². The third kappa shape index (κ3) is 5.12. The van der Waals surface area contributed by atoms with Gasteiger partial charge in [0.1, 0.15) is 22.9 Å². The monoisotopic (exact) mass is 547 g/mol. The molecule has 1 unspecified atom stereocenters. The minimum atomic E-state index is -0.431. The Morgan fingerprint density at radius 2 is 1.79 bits per heavy atom. The minimum absolute atomic E-state index is 0.0343. The van der Waals surface area contributed by atoms with Crippen molar-refractivity contribution in [1.29, 1.82) is 0 Å². The number of H-pyrrole nitrogens is 1. The highest BCUT2D eigenvalue weighted by molar-refractivity contribution is 6.31. The lowest BCUT2D eigenvalue weighted by molar-refractivity contribution is 0.0746. The second-order valence-corrected chi connectivity index (χ2v) is 9.72. The number of nitrogens with one attached hydrogen (secondary N) is 1. The maximum Gasteiger partial charge on any atom is 0.273 e. The van der Waals surface area contributed by atoms with Gasteiger partial charge in [0.15, 0.2) is 11.5 Å². The first kappa shape index (κ1) is 26.4. The van der Waals surface area contributed by atoms with Gasteiger partial charge in [0.05, 0.1) is 26.9 Å². The maximum absolute atomic E-state index is 13.7. The number of halogens is 1. The van der Waals surface area contributed by atoms with Gasteiger partial charge in [-0.25, -0.2) is 0 Å². The number of ether oxygens (including phenoxy) is 3. The Balaban J connectivity index is 1.53. The Bertz CT molecular complexity index is 1480. The number of carbonyl (C=O) groups is 1. The number of benzene rings is 3. The van der Waals surface area contributed by atoms with Crippen molar-refractivity contribution in [2.45, 2.75) is 25.8 Å². The molecule has 39 heavy (non-hydrogen) atoms. The lowest BCUT2D eigenvalue weighted by Crippen LogP contribution is -2.31. The van der Waals surface area contributed by atoms with E-state index in [0.717, 1.165) is 23.3 Å². The molecule has 0 saturated heterocycles. The number of rotatable bonds is 10. The average Bonchev–Trinajstić information content (AvgIpc) is 3.50. The number of phenolic OH excluding ortho intramolecular Hbond substituents is 1. The number of amides is 1. The SMILES string of the molecule is CCCOc1ccc(C2c3c(-c4cc(Cl)ccc4O)n[nH]c3C(=O)N2CCc2ccc(OC)c(OC)c2)cc1. The van der Waals surface area contributed by atoms with Crippen LogP contribution < -0.4 is 14.2 Å². The molecule has 9 heteroatoms. The van der Waals surface area contributed by atoms with Crippen LogP contribution in [-0.4, -0.2) is 53.5 Å². The van der Waals surface area contributed by atoms with Crippen LogP contribution in [0.5, 0.6) is 23.0 Å². The number of hydrogen-bond acceptors (Lipinski definition) is 6. The molecule has 8 nitrogen and oxygen atoms in total. The summed E-state index contributed by atoms with van der Waals surface area (Å²) in [5, 5.41) is 18.5. The van der Waals surface area contributed by atoms with E-state index in [1.165, 1.54) is 6.07 Å². The van der Waals surface area contributed by atoms with E-state index in [9.17, 15) is 9.90 Å². The molecule has 5 rings (SSSR count). The summed E-state index contributed by atoms with van der Waals surface area (Å²) in [6.45, 7) is 3.13. The molecule has 1 aromatic heterocycles. The molecule has 0 radical (unpaired) electrons. The topological polar surface area (TPSA) is 96.9 Å². The fraction of sp³-hybridized carbons (Fsp3) is 0.267. The lowest BCUT2D eigenvalue weighted by Gasteiger charge is -2.27. The number of hydrogen-bond donors (Lipinski definition) is 2. The summed E-state index contributed by atoms with van der Waals surface area (Å²) in [4.78, 5) is 15.6. The van der Waals surface area contributed by atoms with E-state index in [2.05, 4.69) is 17.1 Å². The van der Waals surface area contributed by atoms with Crippen molar-refractivity contribution in [2.75, 3.05) is 27.4 Å². The molecule has 2 N–H and O–H groups in total. The summed E-state index contributed by atoms with van der Waals surface area (Å²) in [6, 6.07) is 17.9. The zero-order valence-electron chi connectivity index (χ0n) is 22.0. The number of fused-ring (bicyclic) bond motifs is 1. The fourth-order valence-electron chi connectivity index (χ4n) is 4.93. The number of carbonyl (C=O) groups excluding carboxylic acids is 1. The standard InChI is InChI=1S/C30H30ClN3O5/c1-4-15-39-21-9-6-19(7-10-21)29-26-27(22-17-20(31)8-11-23(22)35)32-33-28(26)30(36)34(29)14-13-18-5-12-24(37-2)25(16-18)38-3/h5-12,16-17,29,35H,4,13-15H2,1-3H3,(H,32,33). The number of aromatic hydroxyl groups is 1. The van der Waals surface area contributed by atoms with Gasteiger partial charge in [-0.05, 0) is 66.4 Å². The molecule has 0 aliphatic carbocycles. The van der Waals surface area contributed by atoms with Crippen molar-refractivity contribution in [3.8, 4) is 34.3 Å². The maximum atomic E-state index is 13.7. The Morgan fingerprint density at radius 1 is 1.03 bits per heavy atom. The molecule has 1 amide bonds. The third-order valence-electron chi connectivity index (χ3n) is 6.84. The van der Waals surface area contributed by atoms with Crippen LogP contribution in [0.3, 0.4) is 0 Å². The van der Waals surface area contributed by atoms with Gasteiger partial charge >= 0.3 is 0 Å². The number of methoxy groups -OCH3 is 2. The summed E-state index contributed by atoms with van der Waals surface area (Å²) >= 11 is 6.26. The van der Waals surface area contributed by atoms with Crippen LogP contribution in [0.2, 0.25) is 5.02 Å². The van der Waals surface area contributed by atoms with Crippen LogP contribution in [0, 0.1) is 0 Å². The molecule has 1 aliphatic rings. The lowest BCUT2D eigenvalue weighted by atomic mass is 9.95. The quantitative estimate of drug-likeness (QED) is 0.252. The van der Waals surface area contributed by atoms with Crippen molar-refractivity contribution in [1.82, 2.24) is 15.1 Å². The molecule has 0 spiro atoms. The van der Waals surface area contributed by atoms with Gasteiger partial charge in [-0.1, -0.05) is 36.7 Å². The second-order valence-electron chi connectivity index (χ2n) is 9.28. The first-order chi connectivity index (χ1) is 18.9. The van der Waals surface area contributed by atoms with Gasteiger partial charge in [-0.3, -0.25) is 9.89 Å². The molecule has 0 fully saturated rings. The number of phenols is 1. The minimum Gasteiger partial charge on any atom is -0.507 e. The van der Waals surface area contributed by atoms with E-state index in [1.54, 1.807) is 26.4 Å². The van der Waals surface area contributed by atoms with Crippen LogP contribution in [0.15, 0.2) is 60.7 Å². The van der Waals surface area contributed by atoms with Gasteiger partial charge in [-0.15, -0.1) is 0 Å². The van der Waals surface area contributed by atoms with Crippen LogP contribution >= 0.6 is 11.6 Å². The van der Waals surface area contributed by atoms with Gasteiger partial charge in [0.2, 0.25) is 0 Å². The highest BCUT2D eigenvalue weighted by Crippen LogP contribution is 2.45. The number of aromatic amines is 1. The van der Waals surface area contributed by atoms with E-state index < -0.39 is 6.04 Å². The predicted molar refractivity (Wildman–Crippen MR) is 149 cm³/mol. The van der Waals surface area contributed by atoms with Crippen molar-refractivity contribution >= 4 is 17.5 Å². The summed E-state index contributed by atoms with van der Waals surface area (Å²) < 4.78 is 16.6. The van der Waals surface area contributed by atoms with Crippen molar-refractivity contribution in [2.24, 2.45) is 0 Å². The van der Waals surface area contributed by atoms with E-state index >= 15 is 0 Å². The van der Waals surface area contributed by atoms with Gasteiger partial charge in [0, 0.05) is 22.7 Å². The normalized spacial score (nSPS) is 14.4. The zero-order valence-corrected chi connectivity index (χ0v) is 22.8. The zero-order chi connectivity index (χ0) is 27.5. The first-order valence-corrected chi connectivity index (χ1v) is 13.1. The highest BCUT2D eigenvalue weighted by Gasteiger charge is 2.42. The Labute approximate surface area is 232 Å². The summed E-state index contributed by atoms with van der Waals surface area (Å²) in [7, 11) is 3.20.